The number of aryl methyl sites for hydroxylation is 1. The standard InChI is InChI=1S/C18H19FO.C9H11NO.C3H8O/c1-14(20)18(13-19)12-9-15-7-10-17(11-8-15)16-5-3-2-4-6-16;10-6-7-11-8-9-4-2-1-3-5-9;1-3(2)4/h2-8,10-11,18H,9,12-13H2,1H3;1-7H,8,10H2;3-4H,1-2H3/b;7-6+;. The molecule has 0 aliphatic carbocycles. The average Bonchev–Trinajstić information content (AvgIpc) is 2.86. The van der Waals surface area contributed by atoms with Crippen molar-refractivity contribution in [3.63, 3.8) is 0 Å². The summed E-state index contributed by atoms with van der Waals surface area (Å²) in [6, 6.07) is 28.4. The van der Waals surface area contributed by atoms with E-state index in [4.69, 9.17) is 15.6 Å². The Hall–Kier alpha value is -3.44. The topological polar surface area (TPSA) is 72.5 Å². The Morgan fingerprint density at radius 3 is 1.91 bits per heavy atom. The highest BCUT2D eigenvalue weighted by Crippen LogP contribution is 2.20. The molecule has 0 aliphatic rings. The van der Waals surface area contributed by atoms with Crippen LogP contribution in [0.25, 0.3) is 11.1 Å². The molecular weight excluding hydrogens is 441 g/mol. The van der Waals surface area contributed by atoms with Crippen LogP contribution in [-0.2, 0) is 22.6 Å². The maximum absolute atomic E-state index is 12.7. The predicted octanol–water partition coefficient (Wildman–Crippen LogP) is 6.48. The smallest absolute Gasteiger partial charge is 0.135 e. The summed E-state index contributed by atoms with van der Waals surface area (Å²) in [6.45, 7) is 4.93. The fourth-order valence-electron chi connectivity index (χ4n) is 3.00. The van der Waals surface area contributed by atoms with Gasteiger partial charge in [-0.25, -0.2) is 0 Å². The van der Waals surface area contributed by atoms with Crippen molar-refractivity contribution in [2.45, 2.75) is 46.3 Å². The number of ketones is 1. The summed E-state index contributed by atoms with van der Waals surface area (Å²) in [5.41, 5.74) is 9.73. The van der Waals surface area contributed by atoms with Crippen LogP contribution in [0.3, 0.4) is 0 Å². The monoisotopic (exact) mass is 479 g/mol. The summed E-state index contributed by atoms with van der Waals surface area (Å²) in [6.07, 6.45) is 4.01. The number of hydrogen-bond donors (Lipinski definition) is 2. The van der Waals surface area contributed by atoms with Gasteiger partial charge in [-0.1, -0.05) is 84.9 Å². The molecule has 5 heteroatoms. The molecule has 35 heavy (non-hydrogen) atoms. The summed E-state index contributed by atoms with van der Waals surface area (Å²) in [5.74, 6) is -0.516. The van der Waals surface area contributed by atoms with Crippen molar-refractivity contribution < 1.29 is 19.0 Å². The molecule has 0 bridgehead atoms. The van der Waals surface area contributed by atoms with Gasteiger partial charge in [-0.2, -0.15) is 0 Å². The SMILES string of the molecule is CC(=O)C(CF)CCc1ccc(-c2ccccc2)cc1.CC(C)O.N/C=C/OCc1ccccc1. The van der Waals surface area contributed by atoms with E-state index in [2.05, 4.69) is 36.4 Å². The van der Waals surface area contributed by atoms with Crippen molar-refractivity contribution in [1.29, 1.82) is 0 Å². The summed E-state index contributed by atoms with van der Waals surface area (Å²) >= 11 is 0. The minimum absolute atomic E-state index is 0.0617. The lowest BCUT2D eigenvalue weighted by Crippen LogP contribution is -2.13. The number of benzene rings is 3. The van der Waals surface area contributed by atoms with Crippen molar-refractivity contribution in [3.05, 3.63) is 109 Å². The lowest BCUT2D eigenvalue weighted by Gasteiger charge is -2.09. The molecule has 1 unspecified atom stereocenters. The van der Waals surface area contributed by atoms with Gasteiger partial charge in [0.25, 0.3) is 0 Å². The average molecular weight is 480 g/mol. The van der Waals surface area contributed by atoms with Gasteiger partial charge in [0, 0.05) is 18.2 Å². The third-order valence-electron chi connectivity index (χ3n) is 4.87. The fourth-order valence-corrected chi connectivity index (χ4v) is 3.00. The Bertz CT molecular complexity index is 955. The van der Waals surface area contributed by atoms with Crippen LogP contribution < -0.4 is 5.73 Å². The first kappa shape index (κ1) is 29.6. The van der Waals surface area contributed by atoms with Gasteiger partial charge in [0.2, 0.25) is 0 Å². The second-order valence-electron chi connectivity index (χ2n) is 8.28. The van der Waals surface area contributed by atoms with Crippen LogP contribution in [0.1, 0.15) is 38.3 Å². The molecule has 0 saturated carbocycles. The van der Waals surface area contributed by atoms with Crippen molar-refractivity contribution in [2.24, 2.45) is 11.7 Å². The van der Waals surface area contributed by atoms with Gasteiger partial charge in [0.1, 0.15) is 12.4 Å². The number of Topliss-reactive ketones (excluding diaryl/α,β-unsaturated/α-hetero) is 1. The van der Waals surface area contributed by atoms with Crippen LogP contribution in [0.2, 0.25) is 0 Å². The van der Waals surface area contributed by atoms with Gasteiger partial charge in [-0.05, 0) is 55.9 Å². The van der Waals surface area contributed by atoms with E-state index in [0.717, 1.165) is 17.5 Å². The highest BCUT2D eigenvalue weighted by atomic mass is 19.1. The molecule has 0 spiro atoms. The van der Waals surface area contributed by atoms with E-state index in [9.17, 15) is 9.18 Å². The Morgan fingerprint density at radius 1 is 0.914 bits per heavy atom. The Labute approximate surface area is 209 Å². The largest absolute Gasteiger partial charge is 0.495 e. The molecule has 0 fully saturated rings. The van der Waals surface area contributed by atoms with Gasteiger partial charge in [-0.3, -0.25) is 9.18 Å². The van der Waals surface area contributed by atoms with E-state index in [-0.39, 0.29) is 11.9 Å². The van der Waals surface area contributed by atoms with Crippen molar-refractivity contribution >= 4 is 5.78 Å². The molecule has 1 atom stereocenters. The van der Waals surface area contributed by atoms with E-state index in [0.29, 0.717) is 13.0 Å². The van der Waals surface area contributed by atoms with Gasteiger partial charge in [-0.15, -0.1) is 0 Å². The van der Waals surface area contributed by atoms with E-state index >= 15 is 0 Å². The van der Waals surface area contributed by atoms with Crippen LogP contribution in [0.5, 0.6) is 0 Å². The molecule has 3 aromatic carbocycles. The van der Waals surface area contributed by atoms with Gasteiger partial charge in [0.05, 0.1) is 12.9 Å². The number of carbonyl (C=O) groups is 1. The molecule has 0 aliphatic heterocycles. The van der Waals surface area contributed by atoms with E-state index in [1.165, 1.54) is 30.5 Å². The van der Waals surface area contributed by atoms with Gasteiger partial charge < -0.3 is 15.6 Å². The number of halogens is 1. The van der Waals surface area contributed by atoms with E-state index in [1.54, 1.807) is 13.8 Å². The van der Waals surface area contributed by atoms with Crippen molar-refractivity contribution in [1.82, 2.24) is 0 Å². The third kappa shape index (κ3) is 13.8. The van der Waals surface area contributed by atoms with Crippen molar-refractivity contribution in [3.8, 4) is 11.1 Å². The first-order chi connectivity index (χ1) is 16.9. The van der Waals surface area contributed by atoms with E-state index in [1.807, 2.05) is 48.5 Å². The lowest BCUT2D eigenvalue weighted by molar-refractivity contribution is -0.121. The zero-order valence-corrected chi connectivity index (χ0v) is 20.9. The Balaban J connectivity index is 0.000000342. The van der Waals surface area contributed by atoms with Crippen LogP contribution in [0, 0.1) is 5.92 Å². The molecule has 188 valence electrons. The molecule has 0 radical (unpaired) electrons. The maximum Gasteiger partial charge on any atom is 0.135 e. The number of ether oxygens (including phenoxy) is 1. The quantitative estimate of drug-likeness (QED) is 0.345. The summed E-state index contributed by atoms with van der Waals surface area (Å²) < 4.78 is 17.7. The number of nitrogens with two attached hydrogens (primary N) is 1. The lowest BCUT2D eigenvalue weighted by atomic mass is 9.96. The summed E-state index contributed by atoms with van der Waals surface area (Å²) in [4.78, 5) is 11.2. The van der Waals surface area contributed by atoms with Crippen LogP contribution in [-0.4, -0.2) is 23.7 Å². The molecule has 3 N–H and O–H groups in total. The van der Waals surface area contributed by atoms with Gasteiger partial charge in [0.15, 0.2) is 0 Å². The molecule has 3 rings (SSSR count). The molecule has 0 heterocycles. The number of rotatable bonds is 9. The second-order valence-corrected chi connectivity index (χ2v) is 8.28. The highest BCUT2D eigenvalue weighted by Gasteiger charge is 2.13. The minimum atomic E-state index is -0.558. The maximum atomic E-state index is 12.7. The number of aliphatic hydroxyl groups excluding tert-OH is 1. The third-order valence-corrected chi connectivity index (χ3v) is 4.87. The van der Waals surface area contributed by atoms with Crippen LogP contribution in [0.15, 0.2) is 97.4 Å². The van der Waals surface area contributed by atoms with E-state index < -0.39 is 12.6 Å². The Kier molecular flexibility index (Phi) is 15.2. The number of carbonyl (C=O) groups excluding carboxylic acids is 1. The molecule has 3 aromatic rings. The minimum Gasteiger partial charge on any atom is -0.495 e. The first-order valence-corrected chi connectivity index (χ1v) is 11.8. The summed E-state index contributed by atoms with van der Waals surface area (Å²) in [5, 5.41) is 8.06. The fraction of sp³-hybridized carbons (Fsp3) is 0.300. The summed E-state index contributed by atoms with van der Waals surface area (Å²) in [7, 11) is 0. The molecule has 0 aromatic heterocycles. The van der Waals surface area contributed by atoms with Gasteiger partial charge >= 0.3 is 0 Å². The molecule has 4 nitrogen and oxygen atoms in total. The van der Waals surface area contributed by atoms with Crippen LogP contribution >= 0.6 is 0 Å². The number of alkyl halides is 1. The predicted molar refractivity (Wildman–Crippen MR) is 142 cm³/mol. The molecule has 0 saturated heterocycles. The first-order valence-electron chi connectivity index (χ1n) is 11.8. The molecular formula is C30H38FNO3. The second kappa shape index (κ2) is 18.0. The zero-order valence-electron chi connectivity index (χ0n) is 20.9. The van der Waals surface area contributed by atoms with Crippen molar-refractivity contribution in [2.75, 3.05) is 6.67 Å². The normalized spacial score (nSPS) is 11.1. The Morgan fingerprint density at radius 2 is 1.43 bits per heavy atom. The number of hydrogen-bond acceptors (Lipinski definition) is 4. The van der Waals surface area contributed by atoms with Crippen LogP contribution in [0.4, 0.5) is 4.39 Å². The zero-order chi connectivity index (χ0) is 25.9. The molecule has 0 amide bonds. The highest BCUT2D eigenvalue weighted by molar-refractivity contribution is 5.78. The number of aliphatic hydroxyl groups is 1.